The van der Waals surface area contributed by atoms with Crippen LogP contribution in [0.2, 0.25) is 0 Å². The predicted octanol–water partition coefficient (Wildman–Crippen LogP) is 23.4. The van der Waals surface area contributed by atoms with Crippen molar-refractivity contribution in [2.45, 2.75) is 437 Å². The lowest BCUT2D eigenvalue weighted by atomic mass is 10.0. The molecule has 0 bridgehead atoms. The third-order valence-corrected chi connectivity index (χ3v) is 17.4. The molecule has 0 fully saturated rings. The summed E-state index contributed by atoms with van der Waals surface area (Å²) in [5, 5.41) is 33.9. The number of rotatable bonds is 68. The number of aliphatic hydroxyl groups excluding tert-OH is 3. The summed E-state index contributed by atoms with van der Waals surface area (Å²) < 4.78 is 0. The van der Waals surface area contributed by atoms with E-state index in [1.807, 2.05) is 0 Å². The molecule has 0 spiro atoms. The van der Waals surface area contributed by atoms with Gasteiger partial charge in [-0.05, 0) is 38.5 Å². The molecule has 3 unspecified atom stereocenters. The third kappa shape index (κ3) is 62.5. The van der Waals surface area contributed by atoms with Crippen molar-refractivity contribution in [1.29, 1.82) is 0 Å². The van der Waals surface area contributed by atoms with Crippen molar-refractivity contribution in [2.75, 3.05) is 6.61 Å². The van der Waals surface area contributed by atoms with E-state index in [9.17, 15) is 20.1 Å². The van der Waals surface area contributed by atoms with Gasteiger partial charge in [0.2, 0.25) is 5.91 Å². The minimum absolute atomic E-state index is 0.144. The van der Waals surface area contributed by atoms with Crippen molar-refractivity contribution in [3.63, 3.8) is 0 Å². The van der Waals surface area contributed by atoms with E-state index >= 15 is 0 Å². The highest BCUT2D eigenvalue weighted by atomic mass is 16.3. The molecule has 5 heteroatoms. The molecular formula is C72H143NO4. The lowest BCUT2D eigenvalue weighted by Gasteiger charge is -2.26. The van der Waals surface area contributed by atoms with E-state index in [0.717, 1.165) is 38.5 Å². The van der Waals surface area contributed by atoms with Crippen LogP contribution in [0.15, 0.2) is 12.2 Å². The van der Waals surface area contributed by atoms with E-state index in [2.05, 4.69) is 31.3 Å². The highest BCUT2D eigenvalue weighted by Gasteiger charge is 2.26. The molecule has 3 atom stereocenters. The van der Waals surface area contributed by atoms with Gasteiger partial charge in [0.25, 0.3) is 0 Å². The Kier molecular flexibility index (Phi) is 66.8. The molecule has 0 rings (SSSR count). The van der Waals surface area contributed by atoms with Gasteiger partial charge in [-0.25, -0.2) is 0 Å². The van der Waals surface area contributed by atoms with Gasteiger partial charge in [0.1, 0.15) is 6.10 Å². The first-order valence-electron chi connectivity index (χ1n) is 36.0. The van der Waals surface area contributed by atoms with E-state index < -0.39 is 18.2 Å². The highest BCUT2D eigenvalue weighted by molar-refractivity contribution is 5.76. The number of allylic oxidation sites excluding steroid dienone is 2. The summed E-state index contributed by atoms with van der Waals surface area (Å²) in [6.07, 6.45) is 87.4. The molecule has 0 aromatic carbocycles. The summed E-state index contributed by atoms with van der Waals surface area (Å²) in [6.45, 7) is 4.23. The van der Waals surface area contributed by atoms with Crippen LogP contribution in [0.1, 0.15) is 418 Å². The second-order valence-electron chi connectivity index (χ2n) is 25.2. The van der Waals surface area contributed by atoms with Crippen molar-refractivity contribution in [3.8, 4) is 0 Å². The maximum Gasteiger partial charge on any atom is 0.220 e. The van der Waals surface area contributed by atoms with E-state index in [-0.39, 0.29) is 12.5 Å². The first-order valence-corrected chi connectivity index (χ1v) is 36.0. The lowest BCUT2D eigenvalue weighted by Crippen LogP contribution is -2.50. The minimum Gasteiger partial charge on any atom is -0.394 e. The minimum atomic E-state index is -1.16. The van der Waals surface area contributed by atoms with Crippen LogP contribution in [0.4, 0.5) is 0 Å². The molecule has 0 saturated carbocycles. The zero-order valence-corrected chi connectivity index (χ0v) is 52.9. The Morgan fingerprint density at radius 2 is 0.519 bits per heavy atom. The summed E-state index contributed by atoms with van der Waals surface area (Å²) in [4.78, 5) is 12.6. The molecule has 0 aliphatic rings. The number of unbranched alkanes of at least 4 members (excludes halogenated alkanes) is 58. The number of hydrogen-bond acceptors (Lipinski definition) is 4. The molecule has 77 heavy (non-hydrogen) atoms. The summed E-state index contributed by atoms with van der Waals surface area (Å²) in [7, 11) is 0. The van der Waals surface area contributed by atoms with Crippen LogP contribution < -0.4 is 5.32 Å². The number of carbonyl (C=O) groups excluding carboxylic acids is 1. The van der Waals surface area contributed by atoms with Gasteiger partial charge in [0.15, 0.2) is 0 Å². The number of amides is 1. The van der Waals surface area contributed by atoms with Gasteiger partial charge in [-0.3, -0.25) is 4.79 Å². The SMILES string of the molecule is CCCCCCCCCCCCCCCCCCCCC/C=C/CCCC(O)C(O)C(CO)NC(=O)CCCCCCCCCCCCCCCCCCCCCCCCCCCCCCCCCCCCCCCCC. The van der Waals surface area contributed by atoms with Crippen molar-refractivity contribution in [3.05, 3.63) is 12.2 Å². The average molecular weight is 1090 g/mol. The van der Waals surface area contributed by atoms with Crippen LogP contribution in [0.5, 0.6) is 0 Å². The largest absolute Gasteiger partial charge is 0.394 e. The molecule has 4 N–H and O–H groups in total. The fourth-order valence-electron chi connectivity index (χ4n) is 11.9. The van der Waals surface area contributed by atoms with Gasteiger partial charge in [0, 0.05) is 6.42 Å². The molecule has 0 aliphatic heterocycles. The molecule has 0 aromatic rings. The monoisotopic (exact) mass is 1090 g/mol. The Hall–Kier alpha value is -0.910. The van der Waals surface area contributed by atoms with Crippen LogP contribution in [-0.2, 0) is 4.79 Å². The lowest BCUT2D eigenvalue weighted by molar-refractivity contribution is -0.124. The molecular weight excluding hydrogens is 943 g/mol. The molecule has 0 saturated heterocycles. The molecule has 0 radical (unpaired) electrons. The van der Waals surface area contributed by atoms with Gasteiger partial charge in [-0.1, -0.05) is 386 Å². The highest BCUT2D eigenvalue weighted by Crippen LogP contribution is 2.20. The van der Waals surface area contributed by atoms with Crippen LogP contribution in [0, 0.1) is 0 Å². The number of aliphatic hydroxyl groups is 3. The Balaban J connectivity index is 3.43. The van der Waals surface area contributed by atoms with Gasteiger partial charge >= 0.3 is 0 Å². The van der Waals surface area contributed by atoms with Crippen LogP contribution in [-0.4, -0.2) is 46.1 Å². The Bertz CT molecular complexity index is 1110. The van der Waals surface area contributed by atoms with Gasteiger partial charge in [0.05, 0.1) is 18.8 Å². The van der Waals surface area contributed by atoms with E-state index in [1.54, 1.807) is 0 Å². The van der Waals surface area contributed by atoms with E-state index in [4.69, 9.17) is 0 Å². The van der Waals surface area contributed by atoms with Crippen LogP contribution >= 0.6 is 0 Å². The van der Waals surface area contributed by atoms with Crippen LogP contribution in [0.25, 0.3) is 0 Å². The Labute approximate surface area is 484 Å². The van der Waals surface area contributed by atoms with Crippen molar-refractivity contribution in [2.24, 2.45) is 0 Å². The quantitative estimate of drug-likeness (QED) is 0.0361. The Morgan fingerprint density at radius 3 is 0.753 bits per heavy atom. The molecule has 0 heterocycles. The number of hydrogen-bond donors (Lipinski definition) is 4. The summed E-state index contributed by atoms with van der Waals surface area (Å²) in [6, 6.07) is -0.824. The van der Waals surface area contributed by atoms with Crippen LogP contribution in [0.3, 0.4) is 0 Å². The zero-order valence-electron chi connectivity index (χ0n) is 52.9. The predicted molar refractivity (Wildman–Crippen MR) is 342 cm³/mol. The number of carbonyl (C=O) groups is 1. The fraction of sp³-hybridized carbons (Fsp3) is 0.958. The maximum atomic E-state index is 12.6. The molecule has 460 valence electrons. The summed E-state index contributed by atoms with van der Waals surface area (Å²) in [5.74, 6) is -0.144. The fourth-order valence-corrected chi connectivity index (χ4v) is 11.9. The van der Waals surface area contributed by atoms with E-state index in [0.29, 0.717) is 12.8 Å². The first kappa shape index (κ1) is 76.1. The number of nitrogens with one attached hydrogen (secondary N) is 1. The zero-order chi connectivity index (χ0) is 55.7. The molecule has 0 aromatic heterocycles. The van der Waals surface area contributed by atoms with Gasteiger partial charge in [-0.15, -0.1) is 0 Å². The molecule has 1 amide bonds. The maximum absolute atomic E-state index is 12.6. The second kappa shape index (κ2) is 67.6. The summed E-state index contributed by atoms with van der Waals surface area (Å²) in [5.41, 5.74) is 0. The van der Waals surface area contributed by atoms with Gasteiger partial charge in [-0.2, -0.15) is 0 Å². The van der Waals surface area contributed by atoms with Crippen molar-refractivity contribution < 1.29 is 20.1 Å². The summed E-state index contributed by atoms with van der Waals surface area (Å²) >= 11 is 0. The second-order valence-corrected chi connectivity index (χ2v) is 25.2. The normalized spacial score (nSPS) is 13.1. The first-order chi connectivity index (χ1) is 38.1. The topological polar surface area (TPSA) is 89.8 Å². The van der Waals surface area contributed by atoms with Crippen molar-refractivity contribution in [1.82, 2.24) is 5.32 Å². The average Bonchev–Trinajstić information content (AvgIpc) is 3.43. The molecule has 5 nitrogen and oxygen atoms in total. The van der Waals surface area contributed by atoms with Gasteiger partial charge < -0.3 is 20.6 Å². The third-order valence-electron chi connectivity index (χ3n) is 17.4. The standard InChI is InChI=1S/C72H143NO4/c1-3-5-7-9-11-13-15-17-19-21-23-25-27-29-30-31-32-33-34-35-36-37-38-39-40-41-42-43-45-47-49-51-53-55-57-59-61-63-65-67-71(76)73-69(68-74)72(77)70(75)66-64-62-60-58-56-54-52-50-48-46-44-28-26-24-22-20-18-16-14-12-10-8-6-4-2/h58,60,69-70,72,74-75,77H,3-57,59,61-68H2,1-2H3,(H,73,76)/b60-58+. The Morgan fingerprint density at radius 1 is 0.312 bits per heavy atom. The molecule has 0 aliphatic carbocycles. The van der Waals surface area contributed by atoms with Crippen molar-refractivity contribution >= 4 is 5.91 Å². The van der Waals surface area contributed by atoms with E-state index in [1.165, 1.54) is 353 Å². The smallest absolute Gasteiger partial charge is 0.220 e.